The summed E-state index contributed by atoms with van der Waals surface area (Å²) in [5, 5.41) is 18.4. The minimum atomic E-state index is -0.478. The fourth-order valence-corrected chi connectivity index (χ4v) is 2.34. The van der Waals surface area contributed by atoms with Crippen molar-refractivity contribution in [1.82, 2.24) is 14.8 Å². The summed E-state index contributed by atoms with van der Waals surface area (Å²) >= 11 is 0. The lowest BCUT2D eigenvalue weighted by molar-refractivity contribution is -0.385. The molecule has 8 heteroatoms. The van der Waals surface area contributed by atoms with Crippen LogP contribution in [-0.2, 0) is 11.2 Å². The fourth-order valence-electron chi connectivity index (χ4n) is 2.34. The summed E-state index contributed by atoms with van der Waals surface area (Å²) in [5.74, 6) is -0.478. The predicted octanol–water partition coefficient (Wildman–Crippen LogP) is 2.58. The van der Waals surface area contributed by atoms with Crippen molar-refractivity contribution < 1.29 is 14.5 Å². The number of rotatable bonds is 6. The summed E-state index contributed by atoms with van der Waals surface area (Å²) in [4.78, 5) is 22.6. The summed E-state index contributed by atoms with van der Waals surface area (Å²) in [6, 6.07) is 13.2. The first-order valence-electron chi connectivity index (χ1n) is 7.49. The van der Waals surface area contributed by atoms with Gasteiger partial charge in [-0.25, -0.2) is 4.79 Å². The molecule has 1 heterocycles. The number of esters is 1. The van der Waals surface area contributed by atoms with Gasteiger partial charge in [-0.05, 0) is 24.3 Å². The number of benzene rings is 2. The third-order valence-electron chi connectivity index (χ3n) is 3.61. The van der Waals surface area contributed by atoms with Crippen molar-refractivity contribution >= 4 is 11.7 Å². The van der Waals surface area contributed by atoms with Gasteiger partial charge >= 0.3 is 5.97 Å². The number of aromatic nitrogens is 3. The molecule has 0 saturated heterocycles. The molecule has 0 aliphatic carbocycles. The quantitative estimate of drug-likeness (QED) is 0.389. The van der Waals surface area contributed by atoms with Crippen LogP contribution in [0.15, 0.2) is 61.2 Å². The molecule has 0 saturated carbocycles. The van der Waals surface area contributed by atoms with Gasteiger partial charge in [0, 0.05) is 23.7 Å². The van der Waals surface area contributed by atoms with Crippen molar-refractivity contribution in [2.45, 2.75) is 6.42 Å². The highest BCUT2D eigenvalue weighted by Crippen LogP contribution is 2.18. The number of carbonyl (C=O) groups excluding carboxylic acids is 1. The fraction of sp³-hybridized carbons (Fsp3) is 0.118. The Morgan fingerprint density at radius 3 is 2.44 bits per heavy atom. The molecule has 0 N–H and O–H groups in total. The summed E-state index contributed by atoms with van der Waals surface area (Å²) in [7, 11) is 0. The summed E-state index contributed by atoms with van der Waals surface area (Å²) in [6.07, 6.45) is 3.39. The monoisotopic (exact) mass is 338 g/mol. The molecule has 0 atom stereocenters. The average molecular weight is 338 g/mol. The lowest BCUT2D eigenvalue weighted by Gasteiger charge is -2.06. The zero-order chi connectivity index (χ0) is 17.6. The van der Waals surface area contributed by atoms with E-state index in [4.69, 9.17) is 4.74 Å². The van der Waals surface area contributed by atoms with E-state index in [1.807, 2.05) is 0 Å². The summed E-state index contributed by atoms with van der Waals surface area (Å²) in [5.41, 5.74) is 1.78. The lowest BCUT2D eigenvalue weighted by Crippen LogP contribution is -2.09. The van der Waals surface area contributed by atoms with Gasteiger partial charge < -0.3 is 4.74 Å². The minimum Gasteiger partial charge on any atom is -0.462 e. The molecule has 0 aliphatic heterocycles. The number of hydrogen-bond donors (Lipinski definition) is 0. The molecule has 3 rings (SSSR count). The molecular formula is C17H14N4O4. The van der Waals surface area contributed by atoms with E-state index < -0.39 is 10.9 Å². The Morgan fingerprint density at radius 2 is 1.76 bits per heavy atom. The topological polar surface area (TPSA) is 100 Å². The van der Waals surface area contributed by atoms with Crippen LogP contribution in [0.2, 0.25) is 0 Å². The largest absolute Gasteiger partial charge is 0.462 e. The van der Waals surface area contributed by atoms with Crippen LogP contribution in [0.25, 0.3) is 5.69 Å². The van der Waals surface area contributed by atoms with Crippen molar-refractivity contribution in [3.8, 4) is 5.69 Å². The highest BCUT2D eigenvalue weighted by molar-refractivity contribution is 5.89. The maximum Gasteiger partial charge on any atom is 0.338 e. The van der Waals surface area contributed by atoms with Crippen LogP contribution in [0.3, 0.4) is 0 Å². The SMILES string of the molecule is O=C(OCCc1ccccc1[N+](=O)[O-])c1ccc(-n2cnnc2)cc1. The van der Waals surface area contributed by atoms with E-state index in [0.29, 0.717) is 11.1 Å². The highest BCUT2D eigenvalue weighted by Gasteiger charge is 2.13. The Bertz CT molecular complexity index is 876. The molecule has 0 fully saturated rings. The van der Waals surface area contributed by atoms with Gasteiger partial charge in [0.25, 0.3) is 5.69 Å². The van der Waals surface area contributed by atoms with E-state index in [1.165, 1.54) is 6.07 Å². The molecule has 25 heavy (non-hydrogen) atoms. The van der Waals surface area contributed by atoms with Gasteiger partial charge in [-0.2, -0.15) is 0 Å². The number of nitro benzene ring substituents is 1. The number of ether oxygens (including phenoxy) is 1. The van der Waals surface area contributed by atoms with Crippen LogP contribution in [0.1, 0.15) is 15.9 Å². The van der Waals surface area contributed by atoms with E-state index in [1.54, 1.807) is 59.7 Å². The smallest absolute Gasteiger partial charge is 0.338 e. The van der Waals surface area contributed by atoms with Crippen molar-refractivity contribution in [3.05, 3.63) is 82.4 Å². The van der Waals surface area contributed by atoms with Crippen molar-refractivity contribution in [1.29, 1.82) is 0 Å². The van der Waals surface area contributed by atoms with Crippen LogP contribution >= 0.6 is 0 Å². The van der Waals surface area contributed by atoms with Gasteiger partial charge in [0.15, 0.2) is 0 Å². The molecule has 0 aliphatic rings. The second-order valence-electron chi connectivity index (χ2n) is 5.19. The predicted molar refractivity (Wildman–Crippen MR) is 88.4 cm³/mol. The molecule has 0 spiro atoms. The van der Waals surface area contributed by atoms with Crippen LogP contribution < -0.4 is 0 Å². The molecule has 0 radical (unpaired) electrons. The third-order valence-corrected chi connectivity index (χ3v) is 3.61. The second kappa shape index (κ2) is 7.35. The molecule has 3 aromatic rings. The molecule has 8 nitrogen and oxygen atoms in total. The van der Waals surface area contributed by atoms with Crippen LogP contribution in [0.5, 0.6) is 0 Å². The molecule has 1 aromatic heterocycles. The first-order chi connectivity index (χ1) is 12.1. The Morgan fingerprint density at radius 1 is 1.08 bits per heavy atom. The van der Waals surface area contributed by atoms with Gasteiger partial charge in [-0.3, -0.25) is 14.7 Å². The van der Waals surface area contributed by atoms with Gasteiger partial charge in [0.2, 0.25) is 0 Å². The number of hydrogen-bond acceptors (Lipinski definition) is 6. The average Bonchev–Trinajstić information content (AvgIpc) is 3.17. The number of para-hydroxylation sites is 1. The number of carbonyl (C=O) groups is 1. The van der Waals surface area contributed by atoms with Crippen LogP contribution in [0.4, 0.5) is 5.69 Å². The zero-order valence-corrected chi connectivity index (χ0v) is 13.1. The molecule has 0 amide bonds. The van der Waals surface area contributed by atoms with E-state index in [0.717, 1.165) is 5.69 Å². The maximum absolute atomic E-state index is 12.1. The maximum atomic E-state index is 12.1. The molecule has 0 unspecified atom stereocenters. The second-order valence-corrected chi connectivity index (χ2v) is 5.19. The molecule has 126 valence electrons. The van der Waals surface area contributed by atoms with E-state index in [-0.39, 0.29) is 18.7 Å². The van der Waals surface area contributed by atoms with Gasteiger partial charge in [0.05, 0.1) is 17.1 Å². The first-order valence-corrected chi connectivity index (χ1v) is 7.49. The Hall–Kier alpha value is -3.55. The van der Waals surface area contributed by atoms with Crippen molar-refractivity contribution in [3.63, 3.8) is 0 Å². The van der Waals surface area contributed by atoms with E-state index in [2.05, 4.69) is 10.2 Å². The number of nitro groups is 1. The summed E-state index contributed by atoms with van der Waals surface area (Å²) in [6.45, 7) is 0.0663. The van der Waals surface area contributed by atoms with Gasteiger partial charge in [0.1, 0.15) is 12.7 Å². The zero-order valence-electron chi connectivity index (χ0n) is 13.1. The van der Waals surface area contributed by atoms with Crippen molar-refractivity contribution in [2.75, 3.05) is 6.61 Å². The van der Waals surface area contributed by atoms with E-state index >= 15 is 0 Å². The third kappa shape index (κ3) is 3.86. The van der Waals surface area contributed by atoms with Gasteiger partial charge in [-0.15, -0.1) is 10.2 Å². The molecule has 2 aromatic carbocycles. The normalized spacial score (nSPS) is 10.4. The highest BCUT2D eigenvalue weighted by atomic mass is 16.6. The molecular weight excluding hydrogens is 324 g/mol. The standard InChI is InChI=1S/C17H14N4O4/c22-17(14-5-7-15(8-6-14)20-11-18-19-12-20)25-10-9-13-3-1-2-4-16(13)21(23)24/h1-8,11-12H,9-10H2. The minimum absolute atomic E-state index is 0.0249. The first kappa shape index (κ1) is 16.3. The van der Waals surface area contributed by atoms with Crippen LogP contribution in [-0.4, -0.2) is 32.3 Å². The summed E-state index contributed by atoms with van der Waals surface area (Å²) < 4.78 is 6.92. The molecule has 0 bridgehead atoms. The van der Waals surface area contributed by atoms with Gasteiger partial charge in [-0.1, -0.05) is 18.2 Å². The Balaban J connectivity index is 1.59. The van der Waals surface area contributed by atoms with E-state index in [9.17, 15) is 14.9 Å². The lowest BCUT2D eigenvalue weighted by atomic mass is 10.1. The Kier molecular flexibility index (Phi) is 4.79. The Labute approximate surface area is 142 Å². The van der Waals surface area contributed by atoms with Crippen LogP contribution in [0, 0.1) is 10.1 Å². The number of nitrogens with zero attached hydrogens (tertiary/aromatic N) is 4. The van der Waals surface area contributed by atoms with Crippen molar-refractivity contribution in [2.24, 2.45) is 0 Å².